The largest absolute Gasteiger partial charge is 0.494 e. The van der Waals surface area contributed by atoms with Gasteiger partial charge < -0.3 is 9.47 Å². The van der Waals surface area contributed by atoms with Crippen LogP contribution in [0.25, 0.3) is 0 Å². The van der Waals surface area contributed by atoms with E-state index in [-0.39, 0.29) is 11.9 Å². The molecule has 0 radical (unpaired) electrons. The summed E-state index contributed by atoms with van der Waals surface area (Å²) in [4.78, 5) is 11.7. The van der Waals surface area contributed by atoms with E-state index >= 15 is 0 Å². The predicted octanol–water partition coefficient (Wildman–Crippen LogP) is 3.14. The SMILES string of the molecule is CCCOC(=O)C(C)c1cccc(OCC)c1. The summed E-state index contributed by atoms with van der Waals surface area (Å²) in [7, 11) is 0. The van der Waals surface area contributed by atoms with Gasteiger partial charge in [0.15, 0.2) is 0 Å². The Morgan fingerprint density at radius 3 is 2.76 bits per heavy atom. The molecule has 0 N–H and O–H groups in total. The smallest absolute Gasteiger partial charge is 0.313 e. The highest BCUT2D eigenvalue weighted by molar-refractivity contribution is 5.77. The average molecular weight is 236 g/mol. The van der Waals surface area contributed by atoms with Gasteiger partial charge in [0, 0.05) is 0 Å². The highest BCUT2D eigenvalue weighted by atomic mass is 16.5. The predicted molar refractivity (Wildman–Crippen MR) is 67.3 cm³/mol. The van der Waals surface area contributed by atoms with Crippen molar-refractivity contribution in [2.75, 3.05) is 13.2 Å². The first kappa shape index (κ1) is 13.6. The van der Waals surface area contributed by atoms with E-state index in [9.17, 15) is 4.79 Å². The zero-order valence-corrected chi connectivity index (χ0v) is 10.7. The molecule has 3 heteroatoms. The summed E-state index contributed by atoms with van der Waals surface area (Å²) >= 11 is 0. The second-order valence-electron chi connectivity index (χ2n) is 3.89. The fourth-order valence-corrected chi connectivity index (χ4v) is 1.50. The molecule has 0 fully saturated rings. The zero-order valence-electron chi connectivity index (χ0n) is 10.7. The van der Waals surface area contributed by atoms with Crippen molar-refractivity contribution in [3.63, 3.8) is 0 Å². The standard InChI is InChI=1S/C14H20O3/c1-4-9-17-14(15)11(3)12-7-6-8-13(10-12)16-5-2/h6-8,10-11H,4-5,9H2,1-3H3. The lowest BCUT2D eigenvalue weighted by molar-refractivity contribution is -0.145. The summed E-state index contributed by atoms with van der Waals surface area (Å²) in [5, 5.41) is 0. The van der Waals surface area contributed by atoms with Gasteiger partial charge in [-0.3, -0.25) is 4.79 Å². The molecule has 0 spiro atoms. The minimum Gasteiger partial charge on any atom is -0.494 e. The Morgan fingerprint density at radius 2 is 2.12 bits per heavy atom. The lowest BCUT2D eigenvalue weighted by atomic mass is 10.0. The highest BCUT2D eigenvalue weighted by Gasteiger charge is 2.16. The molecule has 0 heterocycles. The van der Waals surface area contributed by atoms with Gasteiger partial charge in [-0.15, -0.1) is 0 Å². The summed E-state index contributed by atoms with van der Waals surface area (Å²) < 4.78 is 10.5. The number of ether oxygens (including phenoxy) is 2. The maximum atomic E-state index is 11.7. The number of hydrogen-bond acceptors (Lipinski definition) is 3. The van der Waals surface area contributed by atoms with E-state index in [1.54, 1.807) is 0 Å². The maximum Gasteiger partial charge on any atom is 0.313 e. The third kappa shape index (κ3) is 4.10. The summed E-state index contributed by atoms with van der Waals surface area (Å²) in [5.74, 6) is 0.364. The van der Waals surface area contributed by atoms with Crippen LogP contribution >= 0.6 is 0 Å². The minimum atomic E-state index is -0.248. The van der Waals surface area contributed by atoms with E-state index in [0.29, 0.717) is 13.2 Å². The van der Waals surface area contributed by atoms with Crippen LogP contribution in [0.3, 0.4) is 0 Å². The summed E-state index contributed by atoms with van der Waals surface area (Å²) in [6, 6.07) is 7.59. The first-order chi connectivity index (χ1) is 8.19. The Hall–Kier alpha value is -1.51. The third-order valence-electron chi connectivity index (χ3n) is 2.47. The van der Waals surface area contributed by atoms with Crippen LogP contribution in [0.15, 0.2) is 24.3 Å². The normalized spacial score (nSPS) is 11.9. The van der Waals surface area contributed by atoms with Crippen LogP contribution in [0.1, 0.15) is 38.7 Å². The molecule has 0 saturated carbocycles. The first-order valence-corrected chi connectivity index (χ1v) is 6.08. The average Bonchev–Trinajstić information content (AvgIpc) is 2.35. The van der Waals surface area contributed by atoms with E-state index in [2.05, 4.69) is 0 Å². The van der Waals surface area contributed by atoms with Crippen molar-refractivity contribution in [3.05, 3.63) is 29.8 Å². The molecule has 17 heavy (non-hydrogen) atoms. The van der Waals surface area contributed by atoms with Gasteiger partial charge in [-0.2, -0.15) is 0 Å². The molecule has 1 unspecified atom stereocenters. The Kier molecular flexibility index (Phi) is 5.53. The zero-order chi connectivity index (χ0) is 12.7. The Labute approximate surface area is 103 Å². The Balaban J connectivity index is 2.70. The topological polar surface area (TPSA) is 35.5 Å². The first-order valence-electron chi connectivity index (χ1n) is 6.08. The fraction of sp³-hybridized carbons (Fsp3) is 0.500. The monoisotopic (exact) mass is 236 g/mol. The van der Waals surface area contributed by atoms with Gasteiger partial charge in [0.1, 0.15) is 5.75 Å². The number of carbonyl (C=O) groups excluding carboxylic acids is 1. The molecule has 94 valence electrons. The minimum absolute atomic E-state index is 0.180. The second-order valence-corrected chi connectivity index (χ2v) is 3.89. The Bertz CT molecular complexity index is 360. The van der Waals surface area contributed by atoms with Gasteiger partial charge in [-0.1, -0.05) is 19.1 Å². The van der Waals surface area contributed by atoms with Crippen molar-refractivity contribution in [1.82, 2.24) is 0 Å². The maximum absolute atomic E-state index is 11.7. The van der Waals surface area contributed by atoms with E-state index in [1.165, 1.54) is 0 Å². The summed E-state index contributed by atoms with van der Waals surface area (Å²) in [6.07, 6.45) is 0.845. The molecule has 0 aliphatic rings. The number of carbonyl (C=O) groups is 1. The van der Waals surface area contributed by atoms with Crippen LogP contribution < -0.4 is 4.74 Å². The molecular formula is C14H20O3. The highest BCUT2D eigenvalue weighted by Crippen LogP contribution is 2.21. The molecule has 3 nitrogen and oxygen atoms in total. The van der Waals surface area contributed by atoms with Gasteiger partial charge in [0.25, 0.3) is 0 Å². The van der Waals surface area contributed by atoms with Crippen LogP contribution in [0, 0.1) is 0 Å². The third-order valence-corrected chi connectivity index (χ3v) is 2.47. The lowest BCUT2D eigenvalue weighted by Gasteiger charge is -2.12. The van der Waals surface area contributed by atoms with E-state index in [4.69, 9.17) is 9.47 Å². The molecule has 1 aromatic carbocycles. The molecule has 0 aromatic heterocycles. The van der Waals surface area contributed by atoms with Gasteiger partial charge >= 0.3 is 5.97 Å². The molecule has 0 aliphatic heterocycles. The number of benzene rings is 1. The lowest BCUT2D eigenvalue weighted by Crippen LogP contribution is -2.13. The van der Waals surface area contributed by atoms with Gasteiger partial charge in [-0.05, 0) is 38.0 Å². The second kappa shape index (κ2) is 6.94. The van der Waals surface area contributed by atoms with Gasteiger partial charge in [-0.25, -0.2) is 0 Å². The molecule has 1 aromatic rings. The van der Waals surface area contributed by atoms with Crippen molar-refractivity contribution >= 4 is 5.97 Å². The van der Waals surface area contributed by atoms with Crippen molar-refractivity contribution in [2.45, 2.75) is 33.1 Å². The number of rotatable bonds is 6. The number of hydrogen-bond donors (Lipinski definition) is 0. The van der Waals surface area contributed by atoms with E-state index in [1.807, 2.05) is 45.0 Å². The molecule has 0 amide bonds. The van der Waals surface area contributed by atoms with E-state index < -0.39 is 0 Å². The molecule has 0 aliphatic carbocycles. The van der Waals surface area contributed by atoms with Crippen molar-refractivity contribution in [2.24, 2.45) is 0 Å². The van der Waals surface area contributed by atoms with Crippen molar-refractivity contribution < 1.29 is 14.3 Å². The molecular weight excluding hydrogens is 216 g/mol. The summed E-state index contributed by atoms with van der Waals surface area (Å²) in [5.41, 5.74) is 0.928. The van der Waals surface area contributed by atoms with Gasteiger partial charge in [0.2, 0.25) is 0 Å². The molecule has 1 rings (SSSR count). The fourth-order valence-electron chi connectivity index (χ4n) is 1.50. The van der Waals surface area contributed by atoms with Crippen LogP contribution in [0.5, 0.6) is 5.75 Å². The van der Waals surface area contributed by atoms with Crippen molar-refractivity contribution in [1.29, 1.82) is 0 Å². The van der Waals surface area contributed by atoms with Gasteiger partial charge in [0.05, 0.1) is 19.1 Å². The van der Waals surface area contributed by atoms with Crippen LogP contribution in [0.4, 0.5) is 0 Å². The van der Waals surface area contributed by atoms with Crippen LogP contribution in [0.2, 0.25) is 0 Å². The van der Waals surface area contributed by atoms with Crippen molar-refractivity contribution in [3.8, 4) is 5.75 Å². The quantitative estimate of drug-likeness (QED) is 0.712. The van der Waals surface area contributed by atoms with E-state index in [0.717, 1.165) is 17.7 Å². The van der Waals surface area contributed by atoms with Crippen LogP contribution in [-0.4, -0.2) is 19.2 Å². The molecule has 0 bridgehead atoms. The summed E-state index contributed by atoms with van der Waals surface area (Å²) in [6.45, 7) is 6.87. The number of esters is 1. The molecule has 1 atom stereocenters. The molecule has 0 saturated heterocycles. The van der Waals surface area contributed by atoms with Crippen LogP contribution in [-0.2, 0) is 9.53 Å². The Morgan fingerprint density at radius 1 is 1.35 bits per heavy atom.